The van der Waals surface area contributed by atoms with Crippen molar-refractivity contribution in [2.24, 2.45) is 0 Å². The van der Waals surface area contributed by atoms with Gasteiger partial charge in [0.05, 0.1) is 12.2 Å². The van der Waals surface area contributed by atoms with E-state index in [4.69, 9.17) is 4.74 Å². The summed E-state index contributed by atoms with van der Waals surface area (Å²) in [7, 11) is 3.37. The van der Waals surface area contributed by atoms with Gasteiger partial charge < -0.3 is 14.5 Å². The van der Waals surface area contributed by atoms with Crippen LogP contribution in [0.3, 0.4) is 0 Å². The van der Waals surface area contributed by atoms with Gasteiger partial charge in [-0.05, 0) is 38.1 Å². The summed E-state index contributed by atoms with van der Waals surface area (Å²) in [6.07, 6.45) is -0.709. The molecule has 25 heavy (non-hydrogen) atoms. The molecular formula is C20H22N2O3. The first-order valence-electron chi connectivity index (χ1n) is 8.24. The van der Waals surface area contributed by atoms with E-state index in [2.05, 4.69) is 0 Å². The molecule has 1 atom stereocenters. The standard InChI is InChI=1S/C20H22N2O3/c1-13-9-14(2)11-15(10-13)19(23)22-12-18(20(24)21(3)4)25-17-8-6-5-7-16(17)22/h5-11,18H,12H2,1-4H3. The van der Waals surface area contributed by atoms with Crippen molar-refractivity contribution in [2.75, 3.05) is 25.5 Å². The van der Waals surface area contributed by atoms with Gasteiger partial charge in [-0.25, -0.2) is 0 Å². The molecule has 0 saturated heterocycles. The highest BCUT2D eigenvalue weighted by Gasteiger charge is 2.34. The molecule has 0 aromatic heterocycles. The lowest BCUT2D eigenvalue weighted by Crippen LogP contribution is -2.50. The van der Waals surface area contributed by atoms with Crippen LogP contribution < -0.4 is 9.64 Å². The minimum Gasteiger partial charge on any atom is -0.476 e. The third kappa shape index (κ3) is 3.36. The molecule has 0 bridgehead atoms. The van der Waals surface area contributed by atoms with Crippen molar-refractivity contribution < 1.29 is 14.3 Å². The van der Waals surface area contributed by atoms with E-state index in [1.807, 2.05) is 50.2 Å². The van der Waals surface area contributed by atoms with E-state index < -0.39 is 6.10 Å². The zero-order chi connectivity index (χ0) is 18.1. The highest BCUT2D eigenvalue weighted by atomic mass is 16.5. The normalized spacial score (nSPS) is 16.0. The maximum atomic E-state index is 13.2. The molecule has 0 saturated carbocycles. The zero-order valence-electron chi connectivity index (χ0n) is 14.9. The number of aryl methyl sites for hydroxylation is 2. The number of fused-ring (bicyclic) bond motifs is 1. The van der Waals surface area contributed by atoms with E-state index in [0.29, 0.717) is 17.0 Å². The fraction of sp³-hybridized carbons (Fsp3) is 0.300. The van der Waals surface area contributed by atoms with Crippen LogP contribution >= 0.6 is 0 Å². The van der Waals surface area contributed by atoms with Crippen LogP contribution in [0.15, 0.2) is 42.5 Å². The molecule has 1 heterocycles. The maximum Gasteiger partial charge on any atom is 0.265 e. The van der Waals surface area contributed by atoms with Crippen molar-refractivity contribution in [1.82, 2.24) is 4.90 Å². The van der Waals surface area contributed by atoms with E-state index >= 15 is 0 Å². The average molecular weight is 338 g/mol. The number of carbonyl (C=O) groups excluding carboxylic acids is 2. The number of benzene rings is 2. The summed E-state index contributed by atoms with van der Waals surface area (Å²) in [5.41, 5.74) is 3.37. The van der Waals surface area contributed by atoms with Crippen LogP contribution in [-0.2, 0) is 4.79 Å². The van der Waals surface area contributed by atoms with Crippen molar-refractivity contribution in [3.63, 3.8) is 0 Å². The molecule has 2 amide bonds. The molecule has 1 aliphatic heterocycles. The van der Waals surface area contributed by atoms with Crippen molar-refractivity contribution >= 4 is 17.5 Å². The topological polar surface area (TPSA) is 49.9 Å². The summed E-state index contributed by atoms with van der Waals surface area (Å²) in [4.78, 5) is 28.7. The number of rotatable bonds is 2. The lowest BCUT2D eigenvalue weighted by Gasteiger charge is -2.35. The molecule has 5 nitrogen and oxygen atoms in total. The summed E-state index contributed by atoms with van der Waals surface area (Å²) in [6.45, 7) is 4.13. The second kappa shape index (κ2) is 6.59. The number of amides is 2. The Bertz CT molecular complexity index is 809. The Morgan fingerprint density at radius 3 is 2.36 bits per heavy atom. The van der Waals surface area contributed by atoms with E-state index in [1.54, 1.807) is 25.1 Å². The molecular weight excluding hydrogens is 316 g/mol. The first-order chi connectivity index (χ1) is 11.9. The molecule has 3 rings (SSSR count). The number of ether oxygens (including phenoxy) is 1. The molecule has 0 N–H and O–H groups in total. The predicted molar refractivity (Wildman–Crippen MR) is 97.1 cm³/mol. The highest BCUT2D eigenvalue weighted by molar-refractivity contribution is 6.08. The quantitative estimate of drug-likeness (QED) is 0.846. The monoisotopic (exact) mass is 338 g/mol. The molecule has 5 heteroatoms. The third-order valence-corrected chi connectivity index (χ3v) is 4.20. The Morgan fingerprint density at radius 1 is 1.08 bits per heavy atom. The van der Waals surface area contributed by atoms with Crippen LogP contribution in [0.5, 0.6) is 5.75 Å². The molecule has 2 aromatic carbocycles. The van der Waals surface area contributed by atoms with Gasteiger partial charge in [0.1, 0.15) is 5.75 Å². The maximum absolute atomic E-state index is 13.2. The number of hydrogen-bond acceptors (Lipinski definition) is 3. The van der Waals surface area contributed by atoms with Crippen LogP contribution in [0, 0.1) is 13.8 Å². The fourth-order valence-corrected chi connectivity index (χ4v) is 3.10. The number of para-hydroxylation sites is 2. The Morgan fingerprint density at radius 2 is 1.72 bits per heavy atom. The Kier molecular flexibility index (Phi) is 4.49. The average Bonchev–Trinajstić information content (AvgIpc) is 2.58. The van der Waals surface area contributed by atoms with Crippen LogP contribution in [0.4, 0.5) is 5.69 Å². The lowest BCUT2D eigenvalue weighted by atomic mass is 10.0. The van der Waals surface area contributed by atoms with Gasteiger partial charge in [0.15, 0.2) is 6.10 Å². The molecule has 0 spiro atoms. The van der Waals surface area contributed by atoms with Crippen LogP contribution in [0.25, 0.3) is 0 Å². The van der Waals surface area contributed by atoms with E-state index in [0.717, 1.165) is 11.1 Å². The van der Waals surface area contributed by atoms with Gasteiger partial charge in [0, 0.05) is 19.7 Å². The van der Waals surface area contributed by atoms with Gasteiger partial charge in [-0.1, -0.05) is 29.3 Å². The molecule has 0 radical (unpaired) electrons. The predicted octanol–water partition coefficient (Wildman–Crippen LogP) is 2.80. The van der Waals surface area contributed by atoms with Gasteiger partial charge in [-0.3, -0.25) is 9.59 Å². The van der Waals surface area contributed by atoms with E-state index in [9.17, 15) is 9.59 Å². The SMILES string of the molecule is Cc1cc(C)cc(C(=O)N2CC(C(=O)N(C)C)Oc3ccccc32)c1. The Labute approximate surface area is 147 Å². The molecule has 1 aliphatic rings. The van der Waals surface area contributed by atoms with Gasteiger partial charge >= 0.3 is 0 Å². The third-order valence-electron chi connectivity index (χ3n) is 4.20. The van der Waals surface area contributed by atoms with Gasteiger partial charge in [-0.15, -0.1) is 0 Å². The molecule has 0 fully saturated rings. The number of carbonyl (C=O) groups is 2. The summed E-state index contributed by atoms with van der Waals surface area (Å²) in [6, 6.07) is 13.1. The number of anilines is 1. The summed E-state index contributed by atoms with van der Waals surface area (Å²) < 4.78 is 5.83. The minimum atomic E-state index is -0.709. The van der Waals surface area contributed by atoms with E-state index in [1.165, 1.54) is 4.90 Å². The Balaban J connectivity index is 2.01. The fourth-order valence-electron chi connectivity index (χ4n) is 3.10. The summed E-state index contributed by atoms with van der Waals surface area (Å²) in [5.74, 6) is 0.263. The second-order valence-corrected chi connectivity index (χ2v) is 6.60. The van der Waals surface area contributed by atoms with E-state index in [-0.39, 0.29) is 18.4 Å². The van der Waals surface area contributed by atoms with Crippen LogP contribution in [0.1, 0.15) is 21.5 Å². The first kappa shape index (κ1) is 17.0. The number of nitrogens with zero attached hydrogens (tertiary/aromatic N) is 2. The van der Waals surface area contributed by atoms with Crippen molar-refractivity contribution in [3.8, 4) is 5.75 Å². The van der Waals surface area contributed by atoms with Crippen LogP contribution in [0.2, 0.25) is 0 Å². The van der Waals surface area contributed by atoms with Gasteiger partial charge in [0.25, 0.3) is 11.8 Å². The zero-order valence-corrected chi connectivity index (χ0v) is 14.9. The van der Waals surface area contributed by atoms with Gasteiger partial charge in [0.2, 0.25) is 0 Å². The molecule has 130 valence electrons. The van der Waals surface area contributed by atoms with Crippen molar-refractivity contribution in [3.05, 3.63) is 59.2 Å². The molecule has 2 aromatic rings. The molecule has 1 unspecified atom stereocenters. The van der Waals surface area contributed by atoms with Crippen molar-refractivity contribution in [2.45, 2.75) is 20.0 Å². The summed E-state index contributed by atoms with van der Waals surface area (Å²) in [5, 5.41) is 0. The lowest BCUT2D eigenvalue weighted by molar-refractivity contribution is -0.135. The Hall–Kier alpha value is -2.82. The molecule has 0 aliphatic carbocycles. The smallest absolute Gasteiger partial charge is 0.265 e. The number of hydrogen-bond donors (Lipinski definition) is 0. The van der Waals surface area contributed by atoms with Crippen molar-refractivity contribution in [1.29, 1.82) is 0 Å². The van der Waals surface area contributed by atoms with Gasteiger partial charge in [-0.2, -0.15) is 0 Å². The van der Waals surface area contributed by atoms with Crippen LogP contribution in [-0.4, -0.2) is 43.5 Å². The minimum absolute atomic E-state index is 0.126. The first-order valence-corrected chi connectivity index (χ1v) is 8.24. The summed E-state index contributed by atoms with van der Waals surface area (Å²) >= 11 is 0. The largest absolute Gasteiger partial charge is 0.476 e. The highest BCUT2D eigenvalue weighted by Crippen LogP contribution is 2.34. The number of likely N-dealkylation sites (N-methyl/N-ethyl adjacent to an activating group) is 1. The second-order valence-electron chi connectivity index (χ2n) is 6.60.